The van der Waals surface area contributed by atoms with Crippen LogP contribution in [-0.4, -0.2) is 48.0 Å². The molecule has 98 valence electrons. The van der Waals surface area contributed by atoms with Gasteiger partial charge in [-0.15, -0.1) is 0 Å². The number of nitrogens with zero attached hydrogens (tertiary/aromatic N) is 1. The molecule has 17 heavy (non-hydrogen) atoms. The smallest absolute Gasteiger partial charge is 0.0695 e. The van der Waals surface area contributed by atoms with Crippen LogP contribution in [0, 0.1) is 5.92 Å². The highest BCUT2D eigenvalue weighted by molar-refractivity contribution is 4.90. The molecule has 0 amide bonds. The van der Waals surface area contributed by atoms with Crippen LogP contribution in [0.1, 0.15) is 44.9 Å². The Morgan fingerprint density at radius 3 is 2.76 bits per heavy atom. The molecule has 1 N–H and O–H groups in total. The fraction of sp³-hybridized carbons (Fsp3) is 1.00. The second-order valence-electron chi connectivity index (χ2n) is 6.01. The number of hydrogen-bond donors (Lipinski definition) is 1. The van der Waals surface area contributed by atoms with Gasteiger partial charge in [-0.05, 0) is 38.0 Å². The first kappa shape index (κ1) is 11.9. The second-order valence-corrected chi connectivity index (χ2v) is 6.01. The topological polar surface area (TPSA) is 32.7 Å². The zero-order valence-corrected chi connectivity index (χ0v) is 10.7. The van der Waals surface area contributed by atoms with Crippen LogP contribution in [0.2, 0.25) is 0 Å². The monoisotopic (exact) mass is 239 g/mol. The lowest BCUT2D eigenvalue weighted by Gasteiger charge is -2.46. The summed E-state index contributed by atoms with van der Waals surface area (Å²) in [6, 6.07) is 0.437. The number of aliphatic hydroxyl groups is 1. The summed E-state index contributed by atoms with van der Waals surface area (Å²) in [6.45, 7) is 3.25. The standard InChI is InChI=1S/C14H25NO2/c16-13-6-2-1-5-12(13)15-8-7-14-11(10-15)4-3-9-17-14/h11-14,16H,1-10H2. The molecule has 0 bridgehead atoms. The summed E-state index contributed by atoms with van der Waals surface area (Å²) in [4.78, 5) is 2.56. The van der Waals surface area contributed by atoms with Crippen LogP contribution in [0.3, 0.4) is 0 Å². The van der Waals surface area contributed by atoms with E-state index < -0.39 is 0 Å². The van der Waals surface area contributed by atoms with Crippen LogP contribution in [0.25, 0.3) is 0 Å². The number of likely N-dealkylation sites (tertiary alicyclic amines) is 1. The van der Waals surface area contributed by atoms with E-state index in [-0.39, 0.29) is 6.10 Å². The van der Waals surface area contributed by atoms with Gasteiger partial charge < -0.3 is 9.84 Å². The molecule has 3 heteroatoms. The molecular weight excluding hydrogens is 214 g/mol. The van der Waals surface area contributed by atoms with Crippen molar-refractivity contribution in [1.82, 2.24) is 4.90 Å². The van der Waals surface area contributed by atoms with E-state index >= 15 is 0 Å². The minimum atomic E-state index is -0.0789. The predicted octanol–water partition coefficient (Wildman–Crippen LogP) is 1.79. The van der Waals surface area contributed by atoms with E-state index in [1.54, 1.807) is 0 Å². The fourth-order valence-corrected chi connectivity index (χ4v) is 3.93. The third kappa shape index (κ3) is 2.51. The van der Waals surface area contributed by atoms with Crippen molar-refractivity contribution >= 4 is 0 Å². The molecule has 3 rings (SSSR count). The van der Waals surface area contributed by atoms with Crippen molar-refractivity contribution in [3.8, 4) is 0 Å². The molecule has 3 nitrogen and oxygen atoms in total. The van der Waals surface area contributed by atoms with Gasteiger partial charge in [0.05, 0.1) is 12.2 Å². The zero-order valence-electron chi connectivity index (χ0n) is 10.7. The van der Waals surface area contributed by atoms with Crippen LogP contribution in [0.4, 0.5) is 0 Å². The Balaban J connectivity index is 1.60. The Labute approximate surface area is 104 Å². The lowest BCUT2D eigenvalue weighted by Crippen LogP contribution is -2.54. The number of piperidine rings is 1. The lowest BCUT2D eigenvalue weighted by molar-refractivity contribution is -0.0889. The highest BCUT2D eigenvalue weighted by Gasteiger charge is 2.37. The zero-order chi connectivity index (χ0) is 11.7. The highest BCUT2D eigenvalue weighted by Crippen LogP contribution is 2.32. The normalized spacial score (nSPS) is 44.3. The Morgan fingerprint density at radius 2 is 1.88 bits per heavy atom. The summed E-state index contributed by atoms with van der Waals surface area (Å²) in [6.07, 6.45) is 8.86. The van der Waals surface area contributed by atoms with Gasteiger partial charge in [0.25, 0.3) is 0 Å². The average Bonchev–Trinajstić information content (AvgIpc) is 2.39. The summed E-state index contributed by atoms with van der Waals surface area (Å²) in [5, 5.41) is 10.1. The van der Waals surface area contributed by atoms with Crippen molar-refractivity contribution < 1.29 is 9.84 Å². The second kappa shape index (κ2) is 5.25. The molecule has 1 aliphatic carbocycles. The first-order valence-electron chi connectivity index (χ1n) is 7.38. The van der Waals surface area contributed by atoms with Gasteiger partial charge in [0.2, 0.25) is 0 Å². The van der Waals surface area contributed by atoms with E-state index in [0.29, 0.717) is 12.1 Å². The van der Waals surface area contributed by atoms with Gasteiger partial charge in [0, 0.05) is 25.7 Å². The van der Waals surface area contributed by atoms with Crippen LogP contribution >= 0.6 is 0 Å². The van der Waals surface area contributed by atoms with Crippen molar-refractivity contribution in [2.24, 2.45) is 5.92 Å². The maximum atomic E-state index is 10.1. The molecule has 3 aliphatic rings. The van der Waals surface area contributed by atoms with Gasteiger partial charge in [-0.2, -0.15) is 0 Å². The van der Waals surface area contributed by atoms with E-state index in [9.17, 15) is 5.11 Å². The van der Waals surface area contributed by atoms with Gasteiger partial charge in [0.1, 0.15) is 0 Å². The average molecular weight is 239 g/mol. The summed E-state index contributed by atoms with van der Waals surface area (Å²) in [5.41, 5.74) is 0. The Bertz CT molecular complexity index is 259. The van der Waals surface area contributed by atoms with Crippen LogP contribution in [-0.2, 0) is 4.74 Å². The molecule has 0 spiro atoms. The van der Waals surface area contributed by atoms with Crippen molar-refractivity contribution in [3.63, 3.8) is 0 Å². The van der Waals surface area contributed by atoms with Crippen LogP contribution in [0.15, 0.2) is 0 Å². The predicted molar refractivity (Wildman–Crippen MR) is 66.9 cm³/mol. The molecule has 2 aliphatic heterocycles. The SMILES string of the molecule is OC1CCCCC1N1CCC2OCCCC2C1. The summed E-state index contributed by atoms with van der Waals surface area (Å²) < 4.78 is 5.86. The number of hydrogen-bond acceptors (Lipinski definition) is 3. The first-order valence-corrected chi connectivity index (χ1v) is 7.38. The summed E-state index contributed by atoms with van der Waals surface area (Å²) in [5.74, 6) is 0.728. The molecule has 0 aromatic rings. The quantitative estimate of drug-likeness (QED) is 0.757. The van der Waals surface area contributed by atoms with Crippen LogP contribution in [0.5, 0.6) is 0 Å². The fourth-order valence-electron chi connectivity index (χ4n) is 3.93. The number of rotatable bonds is 1. The van der Waals surface area contributed by atoms with E-state index in [2.05, 4.69) is 4.90 Å². The van der Waals surface area contributed by atoms with Crippen LogP contribution < -0.4 is 0 Å². The van der Waals surface area contributed by atoms with Gasteiger partial charge in [-0.1, -0.05) is 12.8 Å². The molecular formula is C14H25NO2. The minimum absolute atomic E-state index is 0.0789. The van der Waals surface area contributed by atoms with Gasteiger partial charge in [-0.25, -0.2) is 0 Å². The molecule has 2 saturated heterocycles. The molecule has 4 unspecified atom stereocenters. The Kier molecular flexibility index (Phi) is 3.69. The Hall–Kier alpha value is -0.120. The number of aliphatic hydroxyl groups excluding tert-OH is 1. The largest absolute Gasteiger partial charge is 0.391 e. The maximum Gasteiger partial charge on any atom is 0.0695 e. The van der Waals surface area contributed by atoms with E-state index in [1.807, 2.05) is 0 Å². The maximum absolute atomic E-state index is 10.1. The Morgan fingerprint density at radius 1 is 1.00 bits per heavy atom. The van der Waals surface area contributed by atoms with E-state index in [1.165, 1.54) is 38.5 Å². The van der Waals surface area contributed by atoms with Gasteiger partial charge in [-0.3, -0.25) is 4.90 Å². The summed E-state index contributed by atoms with van der Waals surface area (Å²) >= 11 is 0. The van der Waals surface area contributed by atoms with E-state index in [4.69, 9.17) is 4.74 Å². The highest BCUT2D eigenvalue weighted by atomic mass is 16.5. The molecule has 2 heterocycles. The molecule has 3 fully saturated rings. The third-order valence-electron chi connectivity index (χ3n) is 4.91. The third-order valence-corrected chi connectivity index (χ3v) is 4.91. The lowest BCUT2D eigenvalue weighted by atomic mass is 9.84. The number of fused-ring (bicyclic) bond motifs is 1. The summed E-state index contributed by atoms with van der Waals surface area (Å²) in [7, 11) is 0. The van der Waals surface area contributed by atoms with Gasteiger partial charge >= 0.3 is 0 Å². The van der Waals surface area contributed by atoms with E-state index in [0.717, 1.165) is 32.0 Å². The molecule has 1 saturated carbocycles. The first-order chi connectivity index (χ1) is 8.34. The number of ether oxygens (including phenoxy) is 1. The molecule has 0 aromatic carbocycles. The van der Waals surface area contributed by atoms with Crippen molar-refractivity contribution in [2.45, 2.75) is 63.2 Å². The van der Waals surface area contributed by atoms with Crippen molar-refractivity contribution in [3.05, 3.63) is 0 Å². The van der Waals surface area contributed by atoms with Gasteiger partial charge in [0.15, 0.2) is 0 Å². The molecule has 0 aromatic heterocycles. The molecule has 0 radical (unpaired) electrons. The van der Waals surface area contributed by atoms with Crippen molar-refractivity contribution in [1.29, 1.82) is 0 Å². The minimum Gasteiger partial charge on any atom is -0.391 e. The molecule has 4 atom stereocenters. The van der Waals surface area contributed by atoms with Crippen molar-refractivity contribution in [2.75, 3.05) is 19.7 Å².